The Balaban J connectivity index is 2.43. The number of aromatic amines is 1. The molecule has 0 radical (unpaired) electrons. The van der Waals surface area contributed by atoms with E-state index in [1.807, 2.05) is 13.8 Å². The van der Waals surface area contributed by atoms with Crippen LogP contribution in [0.3, 0.4) is 0 Å². The number of anilines is 2. The third-order valence-electron chi connectivity index (χ3n) is 2.70. The van der Waals surface area contributed by atoms with Crippen molar-refractivity contribution in [1.82, 2.24) is 20.2 Å². The topological polar surface area (TPSA) is 148 Å². The Labute approximate surface area is 109 Å². The van der Waals surface area contributed by atoms with Gasteiger partial charge in [-0.15, -0.1) is 0 Å². The van der Waals surface area contributed by atoms with Gasteiger partial charge in [0.1, 0.15) is 11.9 Å². The van der Waals surface area contributed by atoms with Crippen molar-refractivity contribution in [3.05, 3.63) is 6.20 Å². The Bertz CT molecular complexity index is 592. The van der Waals surface area contributed by atoms with Gasteiger partial charge in [-0.3, -0.25) is 15.3 Å². The second kappa shape index (κ2) is 5.06. The van der Waals surface area contributed by atoms with Gasteiger partial charge in [-0.25, -0.2) is 5.84 Å². The molecule has 9 heteroatoms. The van der Waals surface area contributed by atoms with Crippen LogP contribution in [-0.4, -0.2) is 32.1 Å². The number of carbonyl (C=O) groups is 1. The number of hydrogen-bond acceptors (Lipinski definition) is 7. The zero-order chi connectivity index (χ0) is 14.0. The van der Waals surface area contributed by atoms with Gasteiger partial charge in [0, 0.05) is 0 Å². The molecule has 0 aliphatic rings. The van der Waals surface area contributed by atoms with Gasteiger partial charge >= 0.3 is 0 Å². The van der Waals surface area contributed by atoms with E-state index >= 15 is 0 Å². The second-order valence-corrected chi connectivity index (χ2v) is 4.44. The third-order valence-corrected chi connectivity index (χ3v) is 2.70. The van der Waals surface area contributed by atoms with Crippen molar-refractivity contribution in [1.29, 1.82) is 0 Å². The SMILES string of the molecule is CC(C)C(Nc1nc(NN)nc2[nH]ncc12)C(N)=O. The Hall–Kier alpha value is -2.42. The molecule has 1 unspecified atom stereocenters. The quantitative estimate of drug-likeness (QED) is 0.363. The summed E-state index contributed by atoms with van der Waals surface area (Å²) in [6.45, 7) is 3.77. The summed E-state index contributed by atoms with van der Waals surface area (Å²) < 4.78 is 0. The van der Waals surface area contributed by atoms with Crippen molar-refractivity contribution in [3.8, 4) is 0 Å². The normalized spacial score (nSPS) is 12.6. The number of amides is 1. The van der Waals surface area contributed by atoms with Crippen LogP contribution in [0.25, 0.3) is 11.0 Å². The second-order valence-electron chi connectivity index (χ2n) is 4.44. The summed E-state index contributed by atoms with van der Waals surface area (Å²) >= 11 is 0. The number of fused-ring (bicyclic) bond motifs is 1. The van der Waals surface area contributed by atoms with E-state index in [-0.39, 0.29) is 11.9 Å². The fraction of sp³-hybridized carbons (Fsp3) is 0.400. The molecule has 0 bridgehead atoms. The van der Waals surface area contributed by atoms with Gasteiger partial charge in [-0.05, 0) is 5.92 Å². The molecule has 0 aliphatic heterocycles. The largest absolute Gasteiger partial charge is 0.368 e. The van der Waals surface area contributed by atoms with E-state index in [0.29, 0.717) is 16.9 Å². The van der Waals surface area contributed by atoms with Crippen molar-refractivity contribution in [2.24, 2.45) is 17.5 Å². The van der Waals surface area contributed by atoms with E-state index in [9.17, 15) is 4.79 Å². The van der Waals surface area contributed by atoms with Gasteiger partial charge in [0.05, 0.1) is 11.6 Å². The Morgan fingerprint density at radius 1 is 1.42 bits per heavy atom. The first-order valence-electron chi connectivity index (χ1n) is 5.76. The molecule has 2 rings (SSSR count). The Morgan fingerprint density at radius 2 is 2.16 bits per heavy atom. The number of nitrogen functional groups attached to an aromatic ring is 1. The highest BCUT2D eigenvalue weighted by Gasteiger charge is 2.21. The van der Waals surface area contributed by atoms with Gasteiger partial charge in [0.25, 0.3) is 0 Å². The molecular formula is C10H16N8O. The molecule has 0 aliphatic carbocycles. The van der Waals surface area contributed by atoms with E-state index < -0.39 is 11.9 Å². The standard InChI is InChI=1S/C10H16N8O/c1-4(2)6(7(11)19)14-8-5-3-13-18-9(5)16-10(15-8)17-12/h3-4,6H,12H2,1-2H3,(H2,11,19)(H3,13,14,15,16,17,18). The number of nitrogens with one attached hydrogen (secondary N) is 3. The van der Waals surface area contributed by atoms with Crippen LogP contribution in [-0.2, 0) is 4.79 Å². The third kappa shape index (κ3) is 2.55. The van der Waals surface area contributed by atoms with Gasteiger partial charge < -0.3 is 11.1 Å². The Morgan fingerprint density at radius 3 is 2.74 bits per heavy atom. The fourth-order valence-electron chi connectivity index (χ4n) is 1.72. The highest BCUT2D eigenvalue weighted by molar-refractivity contribution is 5.90. The molecule has 19 heavy (non-hydrogen) atoms. The lowest BCUT2D eigenvalue weighted by Crippen LogP contribution is -2.39. The van der Waals surface area contributed by atoms with Gasteiger partial charge in [0.15, 0.2) is 5.65 Å². The first-order valence-corrected chi connectivity index (χ1v) is 5.76. The van der Waals surface area contributed by atoms with Gasteiger partial charge in [-0.2, -0.15) is 15.1 Å². The average Bonchev–Trinajstić information content (AvgIpc) is 2.82. The molecule has 9 nitrogen and oxygen atoms in total. The predicted octanol–water partition coefficient (Wildman–Crippen LogP) is -0.440. The summed E-state index contributed by atoms with van der Waals surface area (Å²) in [7, 11) is 0. The molecule has 1 amide bonds. The lowest BCUT2D eigenvalue weighted by Gasteiger charge is -2.20. The molecule has 2 heterocycles. The Kier molecular flexibility index (Phi) is 3.47. The zero-order valence-electron chi connectivity index (χ0n) is 10.6. The summed E-state index contributed by atoms with van der Waals surface area (Å²) in [5, 5.41) is 10.3. The van der Waals surface area contributed by atoms with Crippen molar-refractivity contribution in [2.75, 3.05) is 10.7 Å². The van der Waals surface area contributed by atoms with E-state index in [1.54, 1.807) is 6.20 Å². The molecule has 1 atom stereocenters. The number of H-pyrrole nitrogens is 1. The number of hydrogen-bond donors (Lipinski definition) is 5. The molecule has 0 fully saturated rings. The molecule has 0 aromatic carbocycles. The highest BCUT2D eigenvalue weighted by Crippen LogP contribution is 2.21. The lowest BCUT2D eigenvalue weighted by atomic mass is 10.0. The summed E-state index contributed by atoms with van der Waals surface area (Å²) in [4.78, 5) is 19.7. The monoisotopic (exact) mass is 264 g/mol. The summed E-state index contributed by atoms with van der Waals surface area (Å²) in [6, 6.07) is -0.543. The number of primary amides is 1. The van der Waals surface area contributed by atoms with Crippen LogP contribution in [0.2, 0.25) is 0 Å². The number of rotatable bonds is 5. The van der Waals surface area contributed by atoms with Crippen molar-refractivity contribution in [2.45, 2.75) is 19.9 Å². The molecule has 0 saturated heterocycles. The van der Waals surface area contributed by atoms with Crippen molar-refractivity contribution in [3.63, 3.8) is 0 Å². The molecular weight excluding hydrogens is 248 g/mol. The molecule has 2 aromatic rings. The van der Waals surface area contributed by atoms with Gasteiger partial charge in [-0.1, -0.05) is 13.8 Å². The van der Waals surface area contributed by atoms with Crippen molar-refractivity contribution < 1.29 is 4.79 Å². The summed E-state index contributed by atoms with van der Waals surface area (Å²) in [5.74, 6) is 5.53. The average molecular weight is 264 g/mol. The fourth-order valence-corrected chi connectivity index (χ4v) is 1.72. The maximum absolute atomic E-state index is 11.4. The van der Waals surface area contributed by atoms with Crippen LogP contribution in [0.15, 0.2) is 6.20 Å². The minimum Gasteiger partial charge on any atom is -0.368 e. The summed E-state index contributed by atoms with van der Waals surface area (Å²) in [5.41, 5.74) is 8.23. The zero-order valence-corrected chi connectivity index (χ0v) is 10.6. The van der Waals surface area contributed by atoms with E-state index in [1.165, 1.54) is 0 Å². The van der Waals surface area contributed by atoms with Crippen LogP contribution in [0, 0.1) is 5.92 Å². The minimum absolute atomic E-state index is 0.0173. The summed E-state index contributed by atoms with van der Waals surface area (Å²) in [6.07, 6.45) is 1.57. The maximum Gasteiger partial charge on any atom is 0.241 e. The van der Waals surface area contributed by atoms with E-state index in [4.69, 9.17) is 11.6 Å². The lowest BCUT2D eigenvalue weighted by molar-refractivity contribution is -0.119. The molecule has 0 spiro atoms. The number of nitrogens with zero attached hydrogens (tertiary/aromatic N) is 3. The molecule has 2 aromatic heterocycles. The molecule has 7 N–H and O–H groups in total. The first-order chi connectivity index (χ1) is 9.02. The minimum atomic E-state index is -0.543. The smallest absolute Gasteiger partial charge is 0.241 e. The number of aromatic nitrogens is 4. The van der Waals surface area contributed by atoms with Gasteiger partial charge in [0.2, 0.25) is 11.9 Å². The number of nitrogens with two attached hydrogens (primary N) is 2. The van der Waals surface area contributed by atoms with Crippen LogP contribution < -0.4 is 22.3 Å². The molecule has 102 valence electrons. The predicted molar refractivity (Wildman–Crippen MR) is 70.9 cm³/mol. The van der Waals surface area contributed by atoms with Crippen LogP contribution >= 0.6 is 0 Å². The van der Waals surface area contributed by atoms with Crippen LogP contribution in [0.5, 0.6) is 0 Å². The maximum atomic E-state index is 11.4. The molecule has 0 saturated carbocycles. The van der Waals surface area contributed by atoms with E-state index in [2.05, 4.69) is 30.9 Å². The van der Waals surface area contributed by atoms with Crippen LogP contribution in [0.1, 0.15) is 13.8 Å². The van der Waals surface area contributed by atoms with E-state index in [0.717, 1.165) is 0 Å². The number of carbonyl (C=O) groups excluding carboxylic acids is 1. The number of hydrazine groups is 1. The van der Waals surface area contributed by atoms with Crippen molar-refractivity contribution >= 4 is 28.7 Å². The van der Waals surface area contributed by atoms with Crippen LogP contribution in [0.4, 0.5) is 11.8 Å². The first kappa shape index (κ1) is 13.0. The highest BCUT2D eigenvalue weighted by atomic mass is 16.1.